The van der Waals surface area contributed by atoms with Crippen LogP contribution in [0.4, 0.5) is 11.4 Å². The zero-order valence-corrected chi connectivity index (χ0v) is 14.3. The van der Waals surface area contributed by atoms with Gasteiger partial charge in [0, 0.05) is 16.8 Å². The van der Waals surface area contributed by atoms with E-state index in [-0.39, 0.29) is 0 Å². The number of fused-ring (bicyclic) bond motifs is 2. The number of ether oxygens (including phenoxy) is 1. The summed E-state index contributed by atoms with van der Waals surface area (Å²) in [7, 11) is 1.35. The van der Waals surface area contributed by atoms with Crippen molar-refractivity contribution in [3.63, 3.8) is 0 Å². The standard InChI is InChI=1S/C22H18N2O2/c1-26-22(25)17-12-14-7-3-5-9-16(14)20(21(17)24)19-15-8-4-2-6-13(15)10-11-18(19)23/h2-12H,23-24H2,1H3. The summed E-state index contributed by atoms with van der Waals surface area (Å²) in [6, 6.07) is 21.4. The van der Waals surface area contributed by atoms with E-state index in [4.69, 9.17) is 16.2 Å². The molecule has 0 radical (unpaired) electrons. The maximum atomic E-state index is 12.3. The van der Waals surface area contributed by atoms with E-state index in [1.165, 1.54) is 7.11 Å². The van der Waals surface area contributed by atoms with Crippen LogP contribution in [-0.2, 0) is 4.74 Å². The van der Waals surface area contributed by atoms with Crippen LogP contribution in [0.3, 0.4) is 0 Å². The quantitative estimate of drug-likeness (QED) is 0.412. The molecular weight excluding hydrogens is 324 g/mol. The summed E-state index contributed by atoms with van der Waals surface area (Å²) < 4.78 is 4.92. The fraction of sp³-hybridized carbons (Fsp3) is 0.0455. The normalized spacial score (nSPS) is 11.0. The minimum Gasteiger partial charge on any atom is -0.465 e. The minimum atomic E-state index is -0.465. The highest BCUT2D eigenvalue weighted by atomic mass is 16.5. The molecule has 4 aromatic rings. The van der Waals surface area contributed by atoms with Crippen molar-refractivity contribution >= 4 is 38.9 Å². The van der Waals surface area contributed by atoms with Gasteiger partial charge in [-0.2, -0.15) is 0 Å². The average Bonchev–Trinajstić information content (AvgIpc) is 2.68. The first-order chi connectivity index (χ1) is 12.6. The fourth-order valence-corrected chi connectivity index (χ4v) is 3.48. The van der Waals surface area contributed by atoms with E-state index in [0.717, 1.165) is 32.7 Å². The van der Waals surface area contributed by atoms with Gasteiger partial charge in [-0.3, -0.25) is 0 Å². The molecule has 0 aromatic heterocycles. The molecule has 4 aromatic carbocycles. The van der Waals surface area contributed by atoms with Crippen molar-refractivity contribution in [2.45, 2.75) is 0 Å². The maximum absolute atomic E-state index is 12.3. The number of esters is 1. The van der Waals surface area contributed by atoms with E-state index >= 15 is 0 Å². The molecule has 0 bridgehead atoms. The predicted molar refractivity (Wildman–Crippen MR) is 107 cm³/mol. The first kappa shape index (κ1) is 16.0. The average molecular weight is 342 g/mol. The Balaban J connectivity index is 2.21. The monoisotopic (exact) mass is 342 g/mol. The van der Waals surface area contributed by atoms with Gasteiger partial charge in [0.15, 0.2) is 0 Å². The summed E-state index contributed by atoms with van der Waals surface area (Å²) in [4.78, 5) is 12.3. The molecule has 0 atom stereocenters. The largest absolute Gasteiger partial charge is 0.465 e. The number of hydrogen-bond acceptors (Lipinski definition) is 4. The van der Waals surface area contributed by atoms with Crippen molar-refractivity contribution in [1.29, 1.82) is 0 Å². The smallest absolute Gasteiger partial charge is 0.339 e. The number of methoxy groups -OCH3 is 1. The van der Waals surface area contributed by atoms with Gasteiger partial charge in [0.25, 0.3) is 0 Å². The van der Waals surface area contributed by atoms with Crippen molar-refractivity contribution in [3.8, 4) is 11.1 Å². The molecule has 4 heteroatoms. The van der Waals surface area contributed by atoms with Crippen LogP contribution in [0.25, 0.3) is 32.7 Å². The molecule has 26 heavy (non-hydrogen) atoms. The van der Waals surface area contributed by atoms with Gasteiger partial charge >= 0.3 is 5.97 Å². The SMILES string of the molecule is COC(=O)c1cc2ccccc2c(-c2c(N)ccc3ccccc23)c1N. The second kappa shape index (κ2) is 6.08. The van der Waals surface area contributed by atoms with Crippen LogP contribution in [0.5, 0.6) is 0 Å². The number of carbonyl (C=O) groups excluding carboxylic acids is 1. The topological polar surface area (TPSA) is 78.3 Å². The highest BCUT2D eigenvalue weighted by Crippen LogP contribution is 2.43. The van der Waals surface area contributed by atoms with Gasteiger partial charge in [-0.25, -0.2) is 4.79 Å². The molecule has 0 unspecified atom stereocenters. The van der Waals surface area contributed by atoms with Crippen LogP contribution in [-0.4, -0.2) is 13.1 Å². The highest BCUT2D eigenvalue weighted by molar-refractivity contribution is 6.16. The first-order valence-electron chi connectivity index (χ1n) is 8.29. The Labute approximate surface area is 151 Å². The molecule has 4 N–H and O–H groups in total. The molecule has 0 amide bonds. The van der Waals surface area contributed by atoms with Crippen LogP contribution < -0.4 is 11.5 Å². The van der Waals surface area contributed by atoms with Crippen LogP contribution in [0, 0.1) is 0 Å². The molecule has 0 aliphatic rings. The molecule has 0 saturated carbocycles. The van der Waals surface area contributed by atoms with Crippen LogP contribution in [0.2, 0.25) is 0 Å². The Morgan fingerprint density at radius 1 is 0.808 bits per heavy atom. The van der Waals surface area contributed by atoms with Gasteiger partial charge in [0.05, 0.1) is 18.4 Å². The summed E-state index contributed by atoms with van der Waals surface area (Å²) >= 11 is 0. The number of rotatable bonds is 2. The third kappa shape index (κ3) is 2.35. The Morgan fingerprint density at radius 3 is 2.12 bits per heavy atom. The Kier molecular flexibility index (Phi) is 3.73. The number of carbonyl (C=O) groups is 1. The Bertz CT molecular complexity index is 1170. The number of anilines is 2. The lowest BCUT2D eigenvalue weighted by Crippen LogP contribution is -2.08. The zero-order valence-electron chi connectivity index (χ0n) is 14.3. The van der Waals surface area contributed by atoms with E-state index in [9.17, 15) is 4.79 Å². The minimum absolute atomic E-state index is 0.341. The predicted octanol–water partition coefficient (Wildman–Crippen LogP) is 4.61. The molecule has 4 nitrogen and oxygen atoms in total. The zero-order chi connectivity index (χ0) is 18.3. The number of nitrogen functional groups attached to an aromatic ring is 2. The van der Waals surface area contributed by atoms with Crippen molar-refractivity contribution in [2.75, 3.05) is 18.6 Å². The van der Waals surface area contributed by atoms with Crippen molar-refractivity contribution < 1.29 is 9.53 Å². The number of benzene rings is 4. The molecule has 4 rings (SSSR count). The van der Waals surface area contributed by atoms with Gasteiger partial charge in [0.1, 0.15) is 0 Å². The van der Waals surface area contributed by atoms with E-state index in [1.807, 2.05) is 60.7 Å². The second-order valence-corrected chi connectivity index (χ2v) is 6.18. The lowest BCUT2D eigenvalue weighted by atomic mass is 9.89. The summed E-state index contributed by atoms with van der Waals surface area (Å²) in [6.07, 6.45) is 0. The van der Waals surface area contributed by atoms with Gasteiger partial charge in [-0.15, -0.1) is 0 Å². The Hall–Kier alpha value is -3.53. The van der Waals surface area contributed by atoms with Gasteiger partial charge < -0.3 is 16.2 Å². The van der Waals surface area contributed by atoms with Crippen LogP contribution in [0.15, 0.2) is 66.7 Å². The fourth-order valence-electron chi connectivity index (χ4n) is 3.48. The van der Waals surface area contributed by atoms with Crippen molar-refractivity contribution in [3.05, 3.63) is 72.3 Å². The lowest BCUT2D eigenvalue weighted by molar-refractivity contribution is 0.0602. The summed E-state index contributed by atoms with van der Waals surface area (Å²) in [5, 5.41) is 3.90. The first-order valence-corrected chi connectivity index (χ1v) is 8.29. The van der Waals surface area contributed by atoms with Gasteiger partial charge in [-0.1, -0.05) is 54.6 Å². The molecule has 128 valence electrons. The third-order valence-corrected chi connectivity index (χ3v) is 4.71. The number of hydrogen-bond donors (Lipinski definition) is 2. The van der Waals surface area contributed by atoms with Crippen molar-refractivity contribution in [1.82, 2.24) is 0 Å². The molecule has 0 aliphatic heterocycles. The van der Waals surface area contributed by atoms with E-state index in [0.29, 0.717) is 16.9 Å². The summed E-state index contributed by atoms with van der Waals surface area (Å²) in [5.41, 5.74) is 15.8. The summed E-state index contributed by atoms with van der Waals surface area (Å²) in [6.45, 7) is 0. The summed E-state index contributed by atoms with van der Waals surface area (Å²) in [5.74, 6) is -0.465. The van der Waals surface area contributed by atoms with Gasteiger partial charge in [0.2, 0.25) is 0 Å². The van der Waals surface area contributed by atoms with E-state index in [1.54, 1.807) is 6.07 Å². The lowest BCUT2D eigenvalue weighted by Gasteiger charge is -2.17. The maximum Gasteiger partial charge on any atom is 0.339 e. The Morgan fingerprint density at radius 2 is 1.42 bits per heavy atom. The van der Waals surface area contributed by atoms with Crippen LogP contribution in [0.1, 0.15) is 10.4 Å². The molecule has 0 fully saturated rings. The van der Waals surface area contributed by atoms with E-state index < -0.39 is 5.97 Å². The van der Waals surface area contributed by atoms with Gasteiger partial charge in [-0.05, 0) is 33.7 Å². The molecule has 0 heterocycles. The molecular formula is C22H18N2O2. The van der Waals surface area contributed by atoms with Crippen LogP contribution >= 0.6 is 0 Å². The second-order valence-electron chi connectivity index (χ2n) is 6.18. The van der Waals surface area contributed by atoms with E-state index in [2.05, 4.69) is 0 Å². The highest BCUT2D eigenvalue weighted by Gasteiger charge is 2.20. The molecule has 0 spiro atoms. The number of nitrogens with two attached hydrogens (primary N) is 2. The molecule has 0 saturated heterocycles. The third-order valence-electron chi connectivity index (χ3n) is 4.71. The molecule has 0 aliphatic carbocycles. The van der Waals surface area contributed by atoms with Crippen molar-refractivity contribution in [2.24, 2.45) is 0 Å².